The van der Waals surface area contributed by atoms with Crippen molar-refractivity contribution in [3.63, 3.8) is 0 Å². The molecule has 5 heterocycles. The summed E-state index contributed by atoms with van der Waals surface area (Å²) in [6, 6.07) is 13.6. The van der Waals surface area contributed by atoms with E-state index in [2.05, 4.69) is 78.3 Å². The second-order valence-corrected chi connectivity index (χ2v) is 23.4. The van der Waals surface area contributed by atoms with Crippen LogP contribution in [0, 0.1) is 23.1 Å². The van der Waals surface area contributed by atoms with Crippen molar-refractivity contribution in [2.75, 3.05) is 38.9 Å². The number of fused-ring (bicyclic) bond motifs is 3. The molecule has 2 aliphatic heterocycles. The molecule has 15 heteroatoms. The summed E-state index contributed by atoms with van der Waals surface area (Å²) in [4.78, 5) is 16.2. The van der Waals surface area contributed by atoms with Crippen LogP contribution in [0.15, 0.2) is 67.1 Å². The lowest BCUT2D eigenvalue weighted by atomic mass is 9.95. The first-order valence-electron chi connectivity index (χ1n) is 21.1. The maximum atomic E-state index is 17.6. The molecule has 2 aliphatic rings. The van der Waals surface area contributed by atoms with Crippen molar-refractivity contribution in [1.82, 2.24) is 29.6 Å². The van der Waals surface area contributed by atoms with Crippen LogP contribution in [-0.4, -0.2) is 83.0 Å². The number of rotatable bonds is 13. The summed E-state index contributed by atoms with van der Waals surface area (Å²) < 4.78 is 67.7. The number of nitrogens with one attached hydrogen (secondary N) is 1. The Balaban J connectivity index is 1.33. The van der Waals surface area contributed by atoms with Crippen LogP contribution in [0.25, 0.3) is 38.6 Å². The van der Waals surface area contributed by atoms with E-state index < -0.39 is 31.4 Å². The van der Waals surface area contributed by atoms with Crippen LogP contribution in [0.1, 0.15) is 66.4 Å². The molecule has 1 N–H and O–H groups in total. The zero-order chi connectivity index (χ0) is 43.9. The van der Waals surface area contributed by atoms with Crippen molar-refractivity contribution in [3.05, 3.63) is 89.3 Å². The first-order chi connectivity index (χ1) is 29.7. The maximum Gasteiger partial charge on any atom is 0.317 e. The number of anilines is 2. The Labute approximate surface area is 366 Å². The van der Waals surface area contributed by atoms with Gasteiger partial charge in [-0.1, -0.05) is 71.2 Å². The molecule has 0 saturated carbocycles. The standard InChI is InChI=1S/C47H51ClF3N7O3Si/c1-28(2)62(29(3)4,30(5)6)17-14-37-40(50)13-12-31-18-36(61-27-59-7)20-38(41(31)37)43-42(51)44-39(23-52-46(56-44)60-26-47-15-9-16-57(47)24-33(49)21-47)45(55-43)54-34-22-53-58(25-34)35-11-8-10-32(48)19-35/h8,10-13,18-20,22-23,25,28-30,33H,9,15-16,21,24,26-27H2,1-7H3,(H,54,55)/t33-,47+/m1/s1. The van der Waals surface area contributed by atoms with Gasteiger partial charge in [0.05, 0.1) is 40.3 Å². The summed E-state index contributed by atoms with van der Waals surface area (Å²) in [5.41, 5.74) is 5.47. The van der Waals surface area contributed by atoms with Gasteiger partial charge in [0.1, 0.15) is 49.4 Å². The topological polar surface area (TPSA) is 99.5 Å². The number of methoxy groups -OCH3 is 1. The number of alkyl halides is 1. The van der Waals surface area contributed by atoms with Crippen LogP contribution >= 0.6 is 11.6 Å². The summed E-state index contributed by atoms with van der Waals surface area (Å²) in [5.74, 6) is 2.56. The molecule has 2 saturated heterocycles. The Morgan fingerprint density at radius 3 is 2.53 bits per heavy atom. The van der Waals surface area contributed by atoms with E-state index in [4.69, 9.17) is 30.8 Å². The minimum absolute atomic E-state index is 0.0613. The summed E-state index contributed by atoms with van der Waals surface area (Å²) in [6.45, 7) is 14.4. The molecule has 0 unspecified atom stereocenters. The zero-order valence-electron chi connectivity index (χ0n) is 36.0. The highest BCUT2D eigenvalue weighted by Gasteiger charge is 2.49. The van der Waals surface area contributed by atoms with Gasteiger partial charge in [0.2, 0.25) is 0 Å². The van der Waals surface area contributed by atoms with Gasteiger partial charge in [-0.05, 0) is 77.8 Å². The fraction of sp³-hybridized carbons (Fsp3) is 0.404. The number of benzene rings is 3. The van der Waals surface area contributed by atoms with E-state index in [1.54, 1.807) is 47.4 Å². The molecule has 3 aromatic carbocycles. The van der Waals surface area contributed by atoms with Gasteiger partial charge in [0.25, 0.3) is 0 Å². The van der Waals surface area contributed by atoms with Gasteiger partial charge < -0.3 is 19.5 Å². The van der Waals surface area contributed by atoms with Gasteiger partial charge in [0.15, 0.2) is 12.6 Å². The monoisotopic (exact) mass is 881 g/mol. The number of halogens is 4. The average Bonchev–Trinajstić information content (AvgIpc) is 3.95. The number of nitrogens with zero attached hydrogens (tertiary/aromatic N) is 6. The Kier molecular flexibility index (Phi) is 12.3. The molecular formula is C47H51ClF3N7O3Si. The Morgan fingerprint density at radius 2 is 1.79 bits per heavy atom. The van der Waals surface area contributed by atoms with Gasteiger partial charge in [-0.3, -0.25) is 4.90 Å². The van der Waals surface area contributed by atoms with Crippen LogP contribution < -0.4 is 14.8 Å². The molecule has 3 aromatic heterocycles. The van der Waals surface area contributed by atoms with Gasteiger partial charge >= 0.3 is 6.01 Å². The molecule has 0 spiro atoms. The van der Waals surface area contributed by atoms with E-state index in [9.17, 15) is 4.39 Å². The first-order valence-corrected chi connectivity index (χ1v) is 23.7. The van der Waals surface area contributed by atoms with Crippen molar-refractivity contribution in [1.29, 1.82) is 0 Å². The molecule has 2 fully saturated rings. The van der Waals surface area contributed by atoms with Crippen LogP contribution in [0.2, 0.25) is 21.6 Å². The second kappa shape index (κ2) is 17.5. The lowest BCUT2D eigenvalue weighted by Crippen LogP contribution is -2.43. The number of aromatic nitrogens is 5. The van der Waals surface area contributed by atoms with Gasteiger partial charge in [-0.2, -0.15) is 10.1 Å². The molecule has 62 heavy (non-hydrogen) atoms. The highest BCUT2D eigenvalue weighted by atomic mass is 35.5. The summed E-state index contributed by atoms with van der Waals surface area (Å²) in [6.07, 6.45) is 5.94. The third kappa shape index (κ3) is 8.11. The first kappa shape index (κ1) is 43.4. The highest BCUT2D eigenvalue weighted by Crippen LogP contribution is 2.44. The van der Waals surface area contributed by atoms with Crippen molar-refractivity contribution in [2.24, 2.45) is 0 Å². The molecule has 10 nitrogen and oxygen atoms in total. The number of hydrogen-bond acceptors (Lipinski definition) is 9. The number of hydrogen-bond donors (Lipinski definition) is 1. The molecule has 6 aromatic rings. The van der Waals surface area contributed by atoms with Crippen LogP contribution in [0.5, 0.6) is 11.8 Å². The lowest BCUT2D eigenvalue weighted by molar-refractivity contribution is 0.0512. The van der Waals surface area contributed by atoms with Gasteiger partial charge in [0, 0.05) is 42.2 Å². The molecule has 2 atom stereocenters. The zero-order valence-corrected chi connectivity index (χ0v) is 37.8. The Bertz CT molecular complexity index is 2680. The predicted molar refractivity (Wildman–Crippen MR) is 241 cm³/mol. The van der Waals surface area contributed by atoms with Crippen molar-refractivity contribution in [3.8, 4) is 40.2 Å². The number of ether oxygens (including phenoxy) is 3. The van der Waals surface area contributed by atoms with E-state index in [-0.39, 0.29) is 69.6 Å². The van der Waals surface area contributed by atoms with Crippen molar-refractivity contribution >= 4 is 52.9 Å². The fourth-order valence-electron chi connectivity index (χ4n) is 9.85. The van der Waals surface area contributed by atoms with Crippen molar-refractivity contribution < 1.29 is 27.4 Å². The third-order valence-electron chi connectivity index (χ3n) is 12.7. The van der Waals surface area contributed by atoms with Crippen LogP contribution in [0.4, 0.5) is 24.7 Å². The van der Waals surface area contributed by atoms with Gasteiger partial charge in [-0.25, -0.2) is 27.8 Å². The molecular weight excluding hydrogens is 831 g/mol. The predicted octanol–water partition coefficient (Wildman–Crippen LogP) is 11.2. The second-order valence-electron chi connectivity index (χ2n) is 17.4. The summed E-state index contributed by atoms with van der Waals surface area (Å²) in [5, 5.41) is 9.58. The minimum Gasteiger partial charge on any atom is -0.468 e. The van der Waals surface area contributed by atoms with Crippen molar-refractivity contribution in [2.45, 2.75) is 89.1 Å². The molecule has 0 bridgehead atoms. The SMILES string of the molecule is COCOc1cc(-c2nc(Nc3cnn(-c4cccc(Cl)c4)c3)c3cnc(OC[C@@]45CCCN4C[C@H](F)C5)nc3c2F)c2c(C#C[Si](C(C)C)(C(C)C)C(C)C)c(F)ccc2c1. The highest BCUT2D eigenvalue weighted by molar-refractivity contribution is 6.90. The maximum absolute atomic E-state index is 17.6. The molecule has 0 aliphatic carbocycles. The average molecular weight is 883 g/mol. The third-order valence-corrected chi connectivity index (χ3v) is 19.2. The molecule has 0 radical (unpaired) electrons. The summed E-state index contributed by atoms with van der Waals surface area (Å²) in [7, 11) is -0.844. The van der Waals surface area contributed by atoms with Crippen LogP contribution in [0.3, 0.4) is 0 Å². The van der Waals surface area contributed by atoms with E-state index in [1.165, 1.54) is 19.4 Å². The van der Waals surface area contributed by atoms with E-state index >= 15 is 8.78 Å². The fourth-order valence-corrected chi connectivity index (χ4v) is 15.2. The number of pyridine rings is 1. The lowest BCUT2D eigenvalue weighted by Gasteiger charge is -2.38. The Hall–Kier alpha value is -5.20. The molecule has 324 valence electrons. The Morgan fingerprint density at radius 1 is 1.00 bits per heavy atom. The normalized spacial score (nSPS) is 17.9. The van der Waals surface area contributed by atoms with E-state index in [0.29, 0.717) is 40.2 Å². The van der Waals surface area contributed by atoms with E-state index in [0.717, 1.165) is 25.1 Å². The molecule has 8 rings (SSSR count). The smallest absolute Gasteiger partial charge is 0.317 e. The minimum atomic E-state index is -2.35. The van der Waals surface area contributed by atoms with Crippen LogP contribution in [-0.2, 0) is 4.74 Å². The summed E-state index contributed by atoms with van der Waals surface area (Å²) >= 11 is 6.28. The van der Waals surface area contributed by atoms with E-state index in [1.807, 2.05) is 12.1 Å². The van der Waals surface area contributed by atoms with Gasteiger partial charge in [-0.15, -0.1) is 5.54 Å². The largest absolute Gasteiger partial charge is 0.468 e. The quantitative estimate of drug-likeness (QED) is 0.0690. The molecule has 0 amide bonds.